The first kappa shape index (κ1) is 14.6. The molecule has 3 rings (SSSR count). The minimum atomic E-state index is -0.967. The van der Waals surface area contributed by atoms with Gasteiger partial charge in [0, 0.05) is 11.1 Å². The molecule has 1 aromatic heterocycles. The van der Waals surface area contributed by atoms with Crippen molar-refractivity contribution in [1.82, 2.24) is 15.0 Å². The Morgan fingerprint density at radius 3 is 1.91 bits per heavy atom. The molecule has 2 aromatic carbocycles. The molecule has 0 bridgehead atoms. The minimum absolute atomic E-state index is 0.221. The second kappa shape index (κ2) is 6.23. The Kier molecular flexibility index (Phi) is 3.97. The molecule has 0 amide bonds. The van der Waals surface area contributed by atoms with Crippen LogP contribution in [0.5, 0.6) is 5.75 Å². The Labute approximate surface area is 132 Å². The van der Waals surface area contributed by atoms with Crippen LogP contribution in [0.3, 0.4) is 0 Å². The number of carboxylic acid groups (broad SMARTS) is 1. The van der Waals surface area contributed by atoms with Crippen molar-refractivity contribution < 1.29 is 14.6 Å². The minimum Gasteiger partial charge on any atom is -0.497 e. The van der Waals surface area contributed by atoms with Gasteiger partial charge < -0.3 is 9.84 Å². The fourth-order valence-electron chi connectivity index (χ4n) is 2.08. The molecular weight excluding hydrogens is 294 g/mol. The summed E-state index contributed by atoms with van der Waals surface area (Å²) < 4.78 is 5.13. The van der Waals surface area contributed by atoms with Crippen LogP contribution in [0.25, 0.3) is 22.8 Å². The normalized spacial score (nSPS) is 10.3. The number of aromatic carboxylic acids is 1. The van der Waals surface area contributed by atoms with E-state index < -0.39 is 5.97 Å². The number of rotatable bonds is 4. The predicted octanol–water partition coefficient (Wildman–Crippen LogP) is 2.91. The van der Waals surface area contributed by atoms with Crippen LogP contribution in [0.2, 0.25) is 0 Å². The van der Waals surface area contributed by atoms with Gasteiger partial charge in [-0.25, -0.2) is 19.7 Å². The SMILES string of the molecule is COc1ccc(-c2ncnc(-c3ccc(C(=O)O)cc3)n2)cc1. The van der Waals surface area contributed by atoms with Gasteiger partial charge in [0.1, 0.15) is 12.1 Å². The standard InChI is InChI=1S/C17H13N3O3/c1-23-14-8-6-12(7-9-14)16-19-10-18-15(20-16)11-2-4-13(5-3-11)17(21)22/h2-10H,1H3,(H,21,22). The molecule has 23 heavy (non-hydrogen) atoms. The monoisotopic (exact) mass is 307 g/mol. The lowest BCUT2D eigenvalue weighted by Gasteiger charge is -2.05. The summed E-state index contributed by atoms with van der Waals surface area (Å²) >= 11 is 0. The number of hydrogen-bond acceptors (Lipinski definition) is 5. The highest BCUT2D eigenvalue weighted by atomic mass is 16.5. The molecule has 0 saturated heterocycles. The summed E-state index contributed by atoms with van der Waals surface area (Å²) in [5.41, 5.74) is 1.79. The van der Waals surface area contributed by atoms with Crippen LogP contribution in [-0.2, 0) is 0 Å². The van der Waals surface area contributed by atoms with Gasteiger partial charge in [-0.2, -0.15) is 0 Å². The molecule has 0 aliphatic heterocycles. The maximum atomic E-state index is 10.9. The average Bonchev–Trinajstić information content (AvgIpc) is 2.62. The zero-order chi connectivity index (χ0) is 16.2. The summed E-state index contributed by atoms with van der Waals surface area (Å²) in [6, 6.07) is 13.8. The number of ether oxygens (including phenoxy) is 1. The first-order valence-corrected chi connectivity index (χ1v) is 6.84. The van der Waals surface area contributed by atoms with Crippen molar-refractivity contribution >= 4 is 5.97 Å². The third kappa shape index (κ3) is 3.16. The molecule has 0 unspecified atom stereocenters. The smallest absolute Gasteiger partial charge is 0.335 e. The quantitative estimate of drug-likeness (QED) is 0.797. The molecule has 0 fully saturated rings. The lowest BCUT2D eigenvalue weighted by Crippen LogP contribution is -1.97. The Hall–Kier alpha value is -3.28. The van der Waals surface area contributed by atoms with Crippen LogP contribution in [0, 0.1) is 0 Å². The zero-order valence-electron chi connectivity index (χ0n) is 12.3. The van der Waals surface area contributed by atoms with Crippen molar-refractivity contribution in [2.45, 2.75) is 0 Å². The topological polar surface area (TPSA) is 85.2 Å². The molecule has 0 aliphatic carbocycles. The number of aromatic nitrogens is 3. The molecule has 1 heterocycles. The Morgan fingerprint density at radius 2 is 1.43 bits per heavy atom. The molecule has 3 aromatic rings. The summed E-state index contributed by atoms with van der Waals surface area (Å²) in [7, 11) is 1.61. The zero-order valence-corrected chi connectivity index (χ0v) is 12.3. The Morgan fingerprint density at radius 1 is 0.913 bits per heavy atom. The van der Waals surface area contributed by atoms with Gasteiger partial charge in [-0.3, -0.25) is 0 Å². The summed E-state index contributed by atoms with van der Waals surface area (Å²) in [5, 5.41) is 8.93. The number of carboxylic acids is 1. The van der Waals surface area contributed by atoms with Crippen molar-refractivity contribution in [3.8, 4) is 28.5 Å². The summed E-state index contributed by atoms with van der Waals surface area (Å²) in [6.07, 6.45) is 1.44. The largest absolute Gasteiger partial charge is 0.497 e. The van der Waals surface area contributed by atoms with E-state index in [1.165, 1.54) is 18.5 Å². The van der Waals surface area contributed by atoms with Crippen molar-refractivity contribution in [1.29, 1.82) is 0 Å². The Bertz CT molecular complexity index is 830. The third-order valence-electron chi connectivity index (χ3n) is 3.31. The average molecular weight is 307 g/mol. The molecular formula is C17H13N3O3. The highest BCUT2D eigenvalue weighted by Gasteiger charge is 2.08. The van der Waals surface area contributed by atoms with Crippen molar-refractivity contribution in [3.63, 3.8) is 0 Å². The van der Waals surface area contributed by atoms with Gasteiger partial charge in [-0.15, -0.1) is 0 Å². The van der Waals surface area contributed by atoms with E-state index in [0.717, 1.165) is 16.9 Å². The molecule has 0 atom stereocenters. The second-order valence-electron chi connectivity index (χ2n) is 4.74. The highest BCUT2D eigenvalue weighted by molar-refractivity contribution is 5.88. The maximum absolute atomic E-state index is 10.9. The number of benzene rings is 2. The van der Waals surface area contributed by atoms with Crippen molar-refractivity contribution in [2.24, 2.45) is 0 Å². The van der Waals surface area contributed by atoms with Crippen LogP contribution < -0.4 is 4.74 Å². The molecule has 1 N–H and O–H groups in total. The van der Waals surface area contributed by atoms with Gasteiger partial charge in [-0.1, -0.05) is 12.1 Å². The molecule has 0 radical (unpaired) electrons. The van der Waals surface area contributed by atoms with Crippen LogP contribution in [-0.4, -0.2) is 33.1 Å². The van der Waals surface area contributed by atoms with Crippen LogP contribution in [0.4, 0.5) is 0 Å². The van der Waals surface area contributed by atoms with Gasteiger partial charge in [0.2, 0.25) is 0 Å². The lowest BCUT2D eigenvalue weighted by molar-refractivity contribution is 0.0697. The van der Waals surface area contributed by atoms with E-state index in [1.54, 1.807) is 19.2 Å². The summed E-state index contributed by atoms with van der Waals surface area (Å²) in [4.78, 5) is 23.6. The molecule has 6 heteroatoms. The first-order chi connectivity index (χ1) is 11.2. The molecule has 6 nitrogen and oxygen atoms in total. The first-order valence-electron chi connectivity index (χ1n) is 6.84. The molecule has 0 aliphatic rings. The van der Waals surface area contributed by atoms with Gasteiger partial charge in [0.05, 0.1) is 12.7 Å². The van der Waals surface area contributed by atoms with Crippen molar-refractivity contribution in [3.05, 3.63) is 60.4 Å². The van der Waals surface area contributed by atoms with Crippen LogP contribution in [0.1, 0.15) is 10.4 Å². The number of nitrogens with zero attached hydrogens (tertiary/aromatic N) is 3. The Balaban J connectivity index is 1.93. The van der Waals surface area contributed by atoms with Gasteiger partial charge in [0.15, 0.2) is 11.6 Å². The van der Waals surface area contributed by atoms with Crippen molar-refractivity contribution in [2.75, 3.05) is 7.11 Å². The van der Waals surface area contributed by atoms with E-state index in [9.17, 15) is 4.79 Å². The number of hydrogen-bond donors (Lipinski definition) is 1. The molecule has 114 valence electrons. The van der Waals surface area contributed by atoms with E-state index >= 15 is 0 Å². The van der Waals surface area contributed by atoms with E-state index in [0.29, 0.717) is 11.6 Å². The van der Waals surface area contributed by atoms with Gasteiger partial charge >= 0.3 is 5.97 Å². The van der Waals surface area contributed by atoms with E-state index in [1.807, 2.05) is 24.3 Å². The predicted molar refractivity (Wildman–Crippen MR) is 84.2 cm³/mol. The van der Waals surface area contributed by atoms with Crippen LogP contribution in [0.15, 0.2) is 54.9 Å². The van der Waals surface area contributed by atoms with Gasteiger partial charge in [0.25, 0.3) is 0 Å². The number of carbonyl (C=O) groups is 1. The summed E-state index contributed by atoms with van der Waals surface area (Å²) in [5.74, 6) is 0.820. The maximum Gasteiger partial charge on any atom is 0.335 e. The number of methoxy groups -OCH3 is 1. The van der Waals surface area contributed by atoms with Gasteiger partial charge in [-0.05, 0) is 36.4 Å². The van der Waals surface area contributed by atoms with E-state index in [4.69, 9.17) is 9.84 Å². The second-order valence-corrected chi connectivity index (χ2v) is 4.74. The molecule has 0 saturated carbocycles. The van der Waals surface area contributed by atoms with E-state index in [2.05, 4.69) is 15.0 Å². The fourth-order valence-corrected chi connectivity index (χ4v) is 2.08. The lowest BCUT2D eigenvalue weighted by atomic mass is 10.1. The fraction of sp³-hybridized carbons (Fsp3) is 0.0588. The van der Waals surface area contributed by atoms with E-state index in [-0.39, 0.29) is 5.56 Å². The molecule has 0 spiro atoms. The third-order valence-corrected chi connectivity index (χ3v) is 3.31. The van der Waals surface area contributed by atoms with Crippen LogP contribution >= 0.6 is 0 Å². The highest BCUT2D eigenvalue weighted by Crippen LogP contribution is 2.21. The summed E-state index contributed by atoms with van der Waals surface area (Å²) in [6.45, 7) is 0.